The van der Waals surface area contributed by atoms with Gasteiger partial charge in [-0.15, -0.1) is 0 Å². The Bertz CT molecular complexity index is 1710. The average Bonchev–Trinajstić information content (AvgIpc) is 3.41. The summed E-state index contributed by atoms with van der Waals surface area (Å²) >= 11 is 0. The molecule has 1 fully saturated rings. The first-order valence-electron chi connectivity index (χ1n) is 14.4. The van der Waals surface area contributed by atoms with Gasteiger partial charge in [0, 0.05) is 46.7 Å². The fourth-order valence-electron chi connectivity index (χ4n) is 5.55. The number of carbonyl (C=O) groups is 2. The number of nitrogens with zero attached hydrogens (tertiary/aromatic N) is 5. The number of aryl methyl sites for hydroxylation is 1. The molecule has 6 rings (SSSR count). The number of hydrogen-bond donors (Lipinski definition) is 2. The topological polar surface area (TPSA) is 115 Å². The number of benzene rings is 2. The van der Waals surface area contributed by atoms with Gasteiger partial charge in [0.25, 0.3) is 5.91 Å². The first kappa shape index (κ1) is 27.3. The van der Waals surface area contributed by atoms with Crippen LogP contribution in [0, 0.1) is 6.92 Å². The molecule has 212 valence electrons. The summed E-state index contributed by atoms with van der Waals surface area (Å²) in [6.45, 7) is 3.51. The quantitative estimate of drug-likeness (QED) is 0.253. The van der Waals surface area contributed by atoms with Crippen molar-refractivity contribution in [3.8, 4) is 16.9 Å². The molecule has 3 heterocycles. The van der Waals surface area contributed by atoms with Crippen LogP contribution in [0.1, 0.15) is 66.8 Å². The zero-order valence-corrected chi connectivity index (χ0v) is 23.7. The summed E-state index contributed by atoms with van der Waals surface area (Å²) < 4.78 is 1.94. The number of carbonyl (C=O) groups excluding carboxylic acids is 2. The van der Waals surface area contributed by atoms with E-state index in [4.69, 9.17) is 5.10 Å². The third kappa shape index (κ3) is 5.76. The number of nitrogens with one attached hydrogen (secondary N) is 2. The largest absolute Gasteiger partial charge is 0.341 e. The third-order valence-corrected chi connectivity index (χ3v) is 7.84. The van der Waals surface area contributed by atoms with Crippen molar-refractivity contribution in [2.24, 2.45) is 0 Å². The maximum absolute atomic E-state index is 13.2. The summed E-state index contributed by atoms with van der Waals surface area (Å²) in [6.07, 6.45) is 11.2. The highest BCUT2D eigenvalue weighted by Gasteiger charge is 2.25. The highest BCUT2D eigenvalue weighted by Crippen LogP contribution is 2.37. The van der Waals surface area contributed by atoms with Crippen LogP contribution in [0.5, 0.6) is 0 Å². The van der Waals surface area contributed by atoms with Gasteiger partial charge in [0.1, 0.15) is 11.9 Å². The SMILES string of the molecule is Cc1ncc(-c2ccc(NC(=O)[C@@H](C)NC(=O)c3ccc4c(C5CCCCC5)n(-c5ccccn5)nc4c3)cc2)cn1. The van der Waals surface area contributed by atoms with E-state index in [1.165, 1.54) is 19.3 Å². The van der Waals surface area contributed by atoms with Gasteiger partial charge >= 0.3 is 0 Å². The number of anilines is 1. The normalized spacial score (nSPS) is 14.4. The van der Waals surface area contributed by atoms with Crippen molar-refractivity contribution in [1.82, 2.24) is 30.0 Å². The fraction of sp³-hybridized carbons (Fsp3) is 0.273. The molecule has 2 amide bonds. The number of fused-ring (bicyclic) bond motifs is 1. The van der Waals surface area contributed by atoms with Crippen molar-refractivity contribution < 1.29 is 9.59 Å². The molecule has 5 aromatic rings. The molecule has 1 aliphatic carbocycles. The van der Waals surface area contributed by atoms with Crippen LogP contribution in [0.2, 0.25) is 0 Å². The summed E-state index contributed by atoms with van der Waals surface area (Å²) in [6, 6.07) is 18.1. The van der Waals surface area contributed by atoms with Gasteiger partial charge in [-0.1, -0.05) is 43.5 Å². The Balaban J connectivity index is 1.16. The number of amides is 2. The zero-order valence-electron chi connectivity index (χ0n) is 23.7. The number of aromatic nitrogens is 5. The molecule has 9 nitrogen and oxygen atoms in total. The standard InChI is InChI=1S/C33H33N7O2/c1-21(32(41)38-27-14-11-23(12-15-27)26-19-35-22(2)36-20-26)37-33(42)25-13-16-28-29(18-25)39-40(30-10-6-7-17-34-30)31(28)24-8-4-3-5-9-24/h6-7,10-21,24H,3-5,8-9H2,1-2H3,(H,37,42)(H,38,41)/t21-/m1/s1. The molecule has 2 aromatic carbocycles. The predicted molar refractivity (Wildman–Crippen MR) is 162 cm³/mol. The lowest BCUT2D eigenvalue weighted by Gasteiger charge is -2.22. The molecule has 3 aromatic heterocycles. The minimum atomic E-state index is -0.748. The third-order valence-electron chi connectivity index (χ3n) is 7.84. The molecular weight excluding hydrogens is 526 g/mol. The summed E-state index contributed by atoms with van der Waals surface area (Å²) in [4.78, 5) is 39.1. The van der Waals surface area contributed by atoms with Gasteiger partial charge in [0.15, 0.2) is 5.82 Å². The second-order valence-corrected chi connectivity index (χ2v) is 10.8. The van der Waals surface area contributed by atoms with Crippen LogP contribution in [0.3, 0.4) is 0 Å². The monoisotopic (exact) mass is 559 g/mol. The zero-order chi connectivity index (χ0) is 29.1. The van der Waals surface area contributed by atoms with Crippen LogP contribution in [-0.4, -0.2) is 42.6 Å². The molecule has 1 atom stereocenters. The Kier molecular flexibility index (Phi) is 7.72. The minimum Gasteiger partial charge on any atom is -0.341 e. The Morgan fingerprint density at radius 1 is 0.905 bits per heavy atom. The maximum atomic E-state index is 13.2. The molecule has 0 unspecified atom stereocenters. The fourth-order valence-corrected chi connectivity index (χ4v) is 5.55. The number of hydrogen-bond acceptors (Lipinski definition) is 6. The van der Waals surface area contributed by atoms with E-state index in [2.05, 4.69) is 25.6 Å². The van der Waals surface area contributed by atoms with Crippen LogP contribution in [0.15, 0.2) is 79.3 Å². The van der Waals surface area contributed by atoms with E-state index < -0.39 is 6.04 Å². The molecule has 1 saturated carbocycles. The van der Waals surface area contributed by atoms with Crippen molar-refractivity contribution >= 4 is 28.4 Å². The van der Waals surface area contributed by atoms with Gasteiger partial charge in [-0.2, -0.15) is 5.10 Å². The molecule has 2 N–H and O–H groups in total. The Morgan fingerprint density at radius 3 is 2.38 bits per heavy atom. The molecule has 0 spiro atoms. The summed E-state index contributed by atoms with van der Waals surface area (Å²) in [7, 11) is 0. The van der Waals surface area contributed by atoms with Crippen molar-refractivity contribution in [2.75, 3.05) is 5.32 Å². The smallest absolute Gasteiger partial charge is 0.251 e. The number of rotatable bonds is 7. The van der Waals surface area contributed by atoms with Gasteiger partial charge in [0.05, 0.1) is 11.2 Å². The minimum absolute atomic E-state index is 0.310. The van der Waals surface area contributed by atoms with E-state index in [9.17, 15) is 9.59 Å². The Morgan fingerprint density at radius 2 is 1.67 bits per heavy atom. The molecule has 9 heteroatoms. The van der Waals surface area contributed by atoms with Crippen molar-refractivity contribution in [2.45, 2.75) is 57.9 Å². The second-order valence-electron chi connectivity index (χ2n) is 10.8. The van der Waals surface area contributed by atoms with Gasteiger partial charge in [-0.3, -0.25) is 9.59 Å². The van der Waals surface area contributed by atoms with E-state index in [-0.39, 0.29) is 11.8 Å². The van der Waals surface area contributed by atoms with Crippen molar-refractivity contribution in [1.29, 1.82) is 0 Å². The first-order chi connectivity index (χ1) is 20.5. The first-order valence-corrected chi connectivity index (χ1v) is 14.4. The average molecular weight is 560 g/mol. The van der Waals surface area contributed by atoms with Crippen LogP contribution in [0.25, 0.3) is 27.8 Å². The summed E-state index contributed by atoms with van der Waals surface area (Å²) in [5.41, 5.74) is 4.82. The number of pyridine rings is 1. The molecule has 42 heavy (non-hydrogen) atoms. The highest BCUT2D eigenvalue weighted by atomic mass is 16.2. The van der Waals surface area contributed by atoms with Crippen LogP contribution >= 0.6 is 0 Å². The second kappa shape index (κ2) is 11.9. The molecular formula is C33H33N7O2. The molecule has 0 bridgehead atoms. The Hall–Kier alpha value is -4.92. The van der Waals surface area contributed by atoms with Crippen molar-refractivity contribution in [3.05, 3.63) is 96.3 Å². The van der Waals surface area contributed by atoms with E-state index in [1.807, 2.05) is 66.2 Å². The van der Waals surface area contributed by atoms with Gasteiger partial charge in [-0.05, 0) is 68.7 Å². The van der Waals surface area contributed by atoms with E-state index in [1.54, 1.807) is 31.6 Å². The van der Waals surface area contributed by atoms with E-state index >= 15 is 0 Å². The molecule has 0 radical (unpaired) electrons. The molecule has 0 aliphatic heterocycles. The lowest BCUT2D eigenvalue weighted by molar-refractivity contribution is -0.117. The van der Waals surface area contributed by atoms with Crippen LogP contribution < -0.4 is 10.6 Å². The van der Waals surface area contributed by atoms with Crippen LogP contribution in [0.4, 0.5) is 5.69 Å². The van der Waals surface area contributed by atoms with Gasteiger partial charge in [-0.25, -0.2) is 19.6 Å². The predicted octanol–water partition coefficient (Wildman–Crippen LogP) is 5.99. The van der Waals surface area contributed by atoms with Crippen molar-refractivity contribution in [3.63, 3.8) is 0 Å². The lowest BCUT2D eigenvalue weighted by atomic mass is 9.85. The van der Waals surface area contributed by atoms with E-state index in [0.717, 1.165) is 46.4 Å². The van der Waals surface area contributed by atoms with Gasteiger partial charge in [0.2, 0.25) is 5.91 Å². The van der Waals surface area contributed by atoms with Gasteiger partial charge < -0.3 is 10.6 Å². The summed E-state index contributed by atoms with van der Waals surface area (Å²) in [5, 5.41) is 11.6. The summed E-state index contributed by atoms with van der Waals surface area (Å²) in [5.74, 6) is 1.23. The highest BCUT2D eigenvalue weighted by molar-refractivity contribution is 6.02. The molecule has 1 aliphatic rings. The molecule has 0 saturated heterocycles. The van der Waals surface area contributed by atoms with Crippen LogP contribution in [-0.2, 0) is 4.79 Å². The van der Waals surface area contributed by atoms with E-state index in [0.29, 0.717) is 23.0 Å². The maximum Gasteiger partial charge on any atom is 0.251 e. The lowest BCUT2D eigenvalue weighted by Crippen LogP contribution is -2.41. The Labute approximate surface area is 244 Å².